The summed E-state index contributed by atoms with van der Waals surface area (Å²) in [4.78, 5) is 23.7. The molecule has 25 heavy (non-hydrogen) atoms. The molecule has 0 heterocycles. The molecule has 1 unspecified atom stereocenters. The van der Waals surface area contributed by atoms with Crippen LogP contribution in [0.4, 0.5) is 16.2 Å². The first-order chi connectivity index (χ1) is 12.1. The van der Waals surface area contributed by atoms with Crippen molar-refractivity contribution in [3.05, 3.63) is 60.2 Å². The molecule has 1 atom stereocenters. The number of ether oxygens (including phenoxy) is 1. The highest BCUT2D eigenvalue weighted by atomic mass is 16.5. The summed E-state index contributed by atoms with van der Waals surface area (Å²) >= 11 is 0. The Hall–Kier alpha value is -2.86. The van der Waals surface area contributed by atoms with Gasteiger partial charge in [-0.3, -0.25) is 4.79 Å². The van der Waals surface area contributed by atoms with Crippen molar-refractivity contribution in [2.75, 3.05) is 24.4 Å². The van der Waals surface area contributed by atoms with Gasteiger partial charge in [0.2, 0.25) is 5.91 Å². The number of amides is 3. The lowest BCUT2D eigenvalue weighted by Crippen LogP contribution is -2.27. The minimum atomic E-state index is -0.306. The van der Waals surface area contributed by atoms with Crippen LogP contribution in [0.2, 0.25) is 0 Å². The first kappa shape index (κ1) is 18.5. The summed E-state index contributed by atoms with van der Waals surface area (Å²) in [5.41, 5.74) is 2.36. The van der Waals surface area contributed by atoms with Crippen LogP contribution in [0.15, 0.2) is 54.6 Å². The van der Waals surface area contributed by atoms with E-state index in [1.165, 1.54) is 0 Å². The number of carbonyl (C=O) groups excluding carboxylic acids is 2. The van der Waals surface area contributed by atoms with E-state index in [2.05, 4.69) is 16.0 Å². The lowest BCUT2D eigenvalue weighted by molar-refractivity contribution is -0.122. The van der Waals surface area contributed by atoms with Gasteiger partial charge in [-0.1, -0.05) is 30.3 Å². The first-order valence-corrected chi connectivity index (χ1v) is 8.10. The zero-order valence-corrected chi connectivity index (χ0v) is 14.4. The van der Waals surface area contributed by atoms with E-state index >= 15 is 0 Å². The van der Waals surface area contributed by atoms with Gasteiger partial charge in [0, 0.05) is 24.9 Å². The Morgan fingerprint density at radius 1 is 0.960 bits per heavy atom. The van der Waals surface area contributed by atoms with Gasteiger partial charge >= 0.3 is 6.03 Å². The SMILES string of the molecule is COCCC(=O)NC(C)c1ccc(NC(=O)Nc2ccccc2)cc1. The lowest BCUT2D eigenvalue weighted by atomic mass is 10.1. The molecule has 3 N–H and O–H groups in total. The summed E-state index contributed by atoms with van der Waals surface area (Å²) in [6.45, 7) is 2.31. The molecule has 0 spiro atoms. The average molecular weight is 341 g/mol. The summed E-state index contributed by atoms with van der Waals surface area (Å²) in [6.07, 6.45) is 0.333. The molecule has 2 rings (SSSR count). The standard InChI is InChI=1S/C19H23N3O3/c1-14(20-18(23)12-13-25-2)15-8-10-17(11-9-15)22-19(24)21-16-6-4-3-5-7-16/h3-11,14H,12-13H2,1-2H3,(H,20,23)(H2,21,22,24). The van der Waals surface area contributed by atoms with Crippen LogP contribution >= 0.6 is 0 Å². The Kier molecular flexibility index (Phi) is 6.98. The Bertz CT molecular complexity index is 687. The molecule has 0 aliphatic rings. The predicted molar refractivity (Wildman–Crippen MR) is 98.6 cm³/mol. The fourth-order valence-corrected chi connectivity index (χ4v) is 2.26. The molecule has 132 valence electrons. The number of hydrogen-bond acceptors (Lipinski definition) is 3. The molecule has 0 saturated heterocycles. The van der Waals surface area contributed by atoms with Gasteiger partial charge in [0.15, 0.2) is 0 Å². The Morgan fingerprint density at radius 3 is 2.16 bits per heavy atom. The van der Waals surface area contributed by atoms with Gasteiger partial charge in [-0.05, 0) is 36.8 Å². The molecule has 0 aromatic heterocycles. The van der Waals surface area contributed by atoms with Crippen molar-refractivity contribution in [3.8, 4) is 0 Å². The molecular weight excluding hydrogens is 318 g/mol. The van der Waals surface area contributed by atoms with Crippen LogP contribution in [0.5, 0.6) is 0 Å². The molecule has 6 nitrogen and oxygen atoms in total. The van der Waals surface area contributed by atoms with Crippen LogP contribution in [-0.4, -0.2) is 25.7 Å². The molecule has 0 bridgehead atoms. The summed E-state index contributed by atoms with van der Waals surface area (Å²) in [7, 11) is 1.57. The second-order valence-corrected chi connectivity index (χ2v) is 5.60. The topological polar surface area (TPSA) is 79.5 Å². The van der Waals surface area contributed by atoms with Crippen LogP contribution in [0.3, 0.4) is 0 Å². The smallest absolute Gasteiger partial charge is 0.323 e. The third-order valence-electron chi connectivity index (χ3n) is 3.61. The number of anilines is 2. The number of rotatable bonds is 7. The van der Waals surface area contributed by atoms with Crippen molar-refractivity contribution >= 4 is 23.3 Å². The lowest BCUT2D eigenvalue weighted by Gasteiger charge is -2.15. The van der Waals surface area contributed by atoms with E-state index in [0.717, 1.165) is 11.3 Å². The van der Waals surface area contributed by atoms with E-state index in [4.69, 9.17) is 4.74 Å². The third kappa shape index (κ3) is 6.27. The number of benzene rings is 2. The van der Waals surface area contributed by atoms with E-state index in [1.807, 2.05) is 49.4 Å². The first-order valence-electron chi connectivity index (χ1n) is 8.10. The van der Waals surface area contributed by atoms with Crippen LogP contribution in [0.25, 0.3) is 0 Å². The zero-order valence-electron chi connectivity index (χ0n) is 14.4. The minimum Gasteiger partial charge on any atom is -0.384 e. The number of para-hydroxylation sites is 1. The molecule has 6 heteroatoms. The van der Waals surface area contributed by atoms with Crippen molar-refractivity contribution in [3.63, 3.8) is 0 Å². The number of urea groups is 1. The van der Waals surface area contributed by atoms with Gasteiger partial charge in [-0.2, -0.15) is 0 Å². The van der Waals surface area contributed by atoms with E-state index < -0.39 is 0 Å². The predicted octanol–water partition coefficient (Wildman–Crippen LogP) is 3.54. The largest absolute Gasteiger partial charge is 0.384 e. The average Bonchev–Trinajstić information content (AvgIpc) is 2.61. The molecule has 3 amide bonds. The van der Waals surface area contributed by atoms with Crippen LogP contribution in [-0.2, 0) is 9.53 Å². The van der Waals surface area contributed by atoms with Gasteiger partial charge < -0.3 is 20.7 Å². The summed E-state index contributed by atoms with van der Waals surface area (Å²) in [6, 6.07) is 16.2. The summed E-state index contributed by atoms with van der Waals surface area (Å²) in [5.74, 6) is -0.0567. The van der Waals surface area contributed by atoms with Gasteiger partial charge in [-0.15, -0.1) is 0 Å². The fraction of sp³-hybridized carbons (Fsp3) is 0.263. The molecule has 0 fully saturated rings. The number of nitrogens with one attached hydrogen (secondary N) is 3. The van der Waals surface area contributed by atoms with Gasteiger partial charge in [0.1, 0.15) is 0 Å². The maximum Gasteiger partial charge on any atom is 0.323 e. The fourth-order valence-electron chi connectivity index (χ4n) is 2.26. The summed E-state index contributed by atoms with van der Waals surface area (Å²) < 4.78 is 4.89. The Morgan fingerprint density at radius 2 is 1.56 bits per heavy atom. The van der Waals surface area contributed by atoms with Crippen molar-refractivity contribution in [2.45, 2.75) is 19.4 Å². The highest BCUT2D eigenvalue weighted by molar-refractivity contribution is 5.99. The monoisotopic (exact) mass is 341 g/mol. The molecule has 2 aromatic carbocycles. The zero-order chi connectivity index (χ0) is 18.1. The molecule has 0 radical (unpaired) electrons. The number of methoxy groups -OCH3 is 1. The van der Waals surface area contributed by atoms with Crippen molar-refractivity contribution in [2.24, 2.45) is 0 Å². The van der Waals surface area contributed by atoms with E-state index in [-0.39, 0.29) is 18.0 Å². The minimum absolute atomic E-state index is 0.0567. The molecule has 0 aliphatic heterocycles. The van der Waals surface area contributed by atoms with Gasteiger partial charge in [0.05, 0.1) is 12.6 Å². The van der Waals surface area contributed by atoms with Gasteiger partial charge in [-0.25, -0.2) is 4.79 Å². The van der Waals surface area contributed by atoms with E-state index in [1.54, 1.807) is 19.2 Å². The molecular formula is C19H23N3O3. The Balaban J connectivity index is 1.86. The third-order valence-corrected chi connectivity index (χ3v) is 3.61. The van der Waals surface area contributed by atoms with Crippen molar-refractivity contribution in [1.29, 1.82) is 0 Å². The summed E-state index contributed by atoms with van der Waals surface area (Å²) in [5, 5.41) is 8.43. The second kappa shape index (κ2) is 9.44. The molecule has 0 aliphatic carbocycles. The highest BCUT2D eigenvalue weighted by Gasteiger charge is 2.10. The maximum atomic E-state index is 12.0. The maximum absolute atomic E-state index is 12.0. The van der Waals surface area contributed by atoms with Crippen LogP contribution in [0.1, 0.15) is 24.9 Å². The highest BCUT2D eigenvalue weighted by Crippen LogP contribution is 2.16. The van der Waals surface area contributed by atoms with Gasteiger partial charge in [0.25, 0.3) is 0 Å². The normalized spacial score (nSPS) is 11.4. The van der Waals surface area contributed by atoms with Crippen molar-refractivity contribution < 1.29 is 14.3 Å². The Labute approximate surface area is 147 Å². The van der Waals surface area contributed by atoms with Crippen LogP contribution < -0.4 is 16.0 Å². The second-order valence-electron chi connectivity index (χ2n) is 5.60. The molecule has 0 saturated carbocycles. The molecule has 2 aromatic rings. The quantitative estimate of drug-likeness (QED) is 0.720. The van der Waals surface area contributed by atoms with Crippen molar-refractivity contribution in [1.82, 2.24) is 5.32 Å². The number of hydrogen-bond donors (Lipinski definition) is 3. The van der Waals surface area contributed by atoms with E-state index in [9.17, 15) is 9.59 Å². The van der Waals surface area contributed by atoms with Crippen LogP contribution in [0, 0.1) is 0 Å². The number of carbonyl (C=O) groups is 2. The van der Waals surface area contributed by atoms with E-state index in [0.29, 0.717) is 18.7 Å².